The Balaban J connectivity index is 1.39. The Morgan fingerprint density at radius 2 is 2.00 bits per heavy atom. The van der Waals surface area contributed by atoms with Gasteiger partial charge in [-0.3, -0.25) is 9.59 Å². The Kier molecular flexibility index (Phi) is 6.23. The van der Waals surface area contributed by atoms with Crippen LogP contribution in [0, 0.1) is 13.8 Å². The quantitative estimate of drug-likeness (QED) is 0.718. The minimum atomic E-state index is -0.455. The molecule has 144 valence electrons. The molecular weight excluding hydrogens is 372 g/mol. The molecule has 2 aromatic rings. The zero-order valence-corrected chi connectivity index (χ0v) is 15.9. The maximum atomic E-state index is 11.9. The molecular formula is C18H20N2O6S. The molecule has 1 amide bonds. The third kappa shape index (κ3) is 5.16. The monoisotopic (exact) mass is 392 g/mol. The van der Waals surface area contributed by atoms with E-state index in [2.05, 4.69) is 10.5 Å². The predicted molar refractivity (Wildman–Crippen MR) is 99.2 cm³/mol. The van der Waals surface area contributed by atoms with E-state index in [1.54, 1.807) is 18.2 Å². The lowest BCUT2D eigenvalue weighted by Gasteiger charge is -2.19. The number of carbonyl (C=O) groups excluding carboxylic acids is 2. The van der Waals surface area contributed by atoms with Gasteiger partial charge in [0.1, 0.15) is 19.0 Å². The van der Waals surface area contributed by atoms with Gasteiger partial charge in [0.15, 0.2) is 18.1 Å². The number of ether oxygens (including phenoxy) is 3. The number of nitrogens with zero attached hydrogens (tertiary/aromatic N) is 1. The highest BCUT2D eigenvalue weighted by Crippen LogP contribution is 2.32. The minimum absolute atomic E-state index is 0.140. The van der Waals surface area contributed by atoms with E-state index in [0.29, 0.717) is 36.2 Å². The van der Waals surface area contributed by atoms with Crippen LogP contribution in [0.25, 0.3) is 0 Å². The van der Waals surface area contributed by atoms with Crippen LogP contribution < -0.4 is 14.8 Å². The van der Waals surface area contributed by atoms with Crippen molar-refractivity contribution in [2.45, 2.75) is 19.6 Å². The number of hydrogen-bond donors (Lipinski definition) is 1. The summed E-state index contributed by atoms with van der Waals surface area (Å²) in [6, 6.07) is 5.10. The van der Waals surface area contributed by atoms with Crippen molar-refractivity contribution >= 4 is 29.3 Å². The standard InChI is InChI=1S/C18H20N2O6S/c1-11-14(12(2)26-20-11)9-27-10-18(22)25-8-17(21)19-13-3-4-15-16(7-13)24-6-5-23-15/h3-4,7H,5-6,8-10H2,1-2H3,(H,19,21). The molecule has 1 aromatic carbocycles. The first-order valence-electron chi connectivity index (χ1n) is 8.37. The lowest BCUT2D eigenvalue weighted by atomic mass is 10.2. The van der Waals surface area contributed by atoms with Crippen molar-refractivity contribution in [2.24, 2.45) is 0 Å². The second-order valence-corrected chi connectivity index (χ2v) is 6.85. The van der Waals surface area contributed by atoms with Crippen molar-refractivity contribution in [3.8, 4) is 11.5 Å². The van der Waals surface area contributed by atoms with E-state index in [1.165, 1.54) is 11.8 Å². The lowest BCUT2D eigenvalue weighted by Crippen LogP contribution is -2.22. The highest BCUT2D eigenvalue weighted by molar-refractivity contribution is 7.99. The molecule has 0 saturated heterocycles. The lowest BCUT2D eigenvalue weighted by molar-refractivity contribution is -0.144. The molecule has 27 heavy (non-hydrogen) atoms. The zero-order valence-electron chi connectivity index (χ0n) is 15.1. The van der Waals surface area contributed by atoms with Crippen molar-refractivity contribution in [3.63, 3.8) is 0 Å². The number of esters is 1. The Bertz CT molecular complexity index is 816. The van der Waals surface area contributed by atoms with Crippen LogP contribution in [0.4, 0.5) is 5.69 Å². The summed E-state index contributed by atoms with van der Waals surface area (Å²) in [5.41, 5.74) is 2.34. The molecule has 8 nitrogen and oxygen atoms in total. The molecule has 1 aliphatic rings. The summed E-state index contributed by atoms with van der Waals surface area (Å²) in [5, 5.41) is 6.53. The molecule has 0 radical (unpaired) electrons. The van der Waals surface area contributed by atoms with E-state index in [0.717, 1.165) is 17.0 Å². The van der Waals surface area contributed by atoms with Crippen molar-refractivity contribution in [1.82, 2.24) is 5.16 Å². The van der Waals surface area contributed by atoms with Crippen LogP contribution in [0.5, 0.6) is 11.5 Å². The highest BCUT2D eigenvalue weighted by atomic mass is 32.2. The maximum Gasteiger partial charge on any atom is 0.316 e. The number of fused-ring (bicyclic) bond motifs is 1. The fraction of sp³-hybridized carbons (Fsp3) is 0.389. The van der Waals surface area contributed by atoms with Crippen molar-refractivity contribution in [1.29, 1.82) is 0 Å². The SMILES string of the molecule is Cc1noc(C)c1CSCC(=O)OCC(=O)Nc1ccc2c(c1)OCCO2. The first kappa shape index (κ1) is 19.1. The number of amides is 1. The molecule has 0 saturated carbocycles. The van der Waals surface area contributed by atoms with Gasteiger partial charge in [0.25, 0.3) is 5.91 Å². The van der Waals surface area contributed by atoms with E-state index in [-0.39, 0.29) is 12.4 Å². The number of carbonyl (C=O) groups is 2. The van der Waals surface area contributed by atoms with E-state index < -0.39 is 11.9 Å². The average molecular weight is 392 g/mol. The topological polar surface area (TPSA) is 99.9 Å². The third-order valence-electron chi connectivity index (χ3n) is 3.84. The predicted octanol–water partition coefficient (Wildman–Crippen LogP) is 2.48. The van der Waals surface area contributed by atoms with Crippen LogP contribution in [0.3, 0.4) is 0 Å². The normalized spacial score (nSPS) is 12.5. The second-order valence-electron chi connectivity index (χ2n) is 5.86. The van der Waals surface area contributed by atoms with Gasteiger partial charge in [-0.15, -0.1) is 11.8 Å². The first-order chi connectivity index (χ1) is 13.0. The summed E-state index contributed by atoms with van der Waals surface area (Å²) in [5.74, 6) is 1.82. The summed E-state index contributed by atoms with van der Waals surface area (Å²) < 4.78 is 21.0. The van der Waals surface area contributed by atoms with E-state index in [1.807, 2.05) is 13.8 Å². The molecule has 0 fully saturated rings. The fourth-order valence-corrected chi connectivity index (χ4v) is 3.42. The molecule has 0 unspecified atom stereocenters. The molecule has 0 spiro atoms. The molecule has 2 heterocycles. The molecule has 0 atom stereocenters. The van der Waals surface area contributed by atoms with E-state index in [9.17, 15) is 9.59 Å². The highest BCUT2D eigenvalue weighted by Gasteiger charge is 2.14. The molecule has 9 heteroatoms. The number of aryl methyl sites for hydroxylation is 2. The smallest absolute Gasteiger partial charge is 0.316 e. The number of rotatable bonds is 7. The Morgan fingerprint density at radius 3 is 2.74 bits per heavy atom. The average Bonchev–Trinajstić information content (AvgIpc) is 2.98. The van der Waals surface area contributed by atoms with Crippen molar-refractivity contribution in [2.75, 3.05) is 30.9 Å². The van der Waals surface area contributed by atoms with Gasteiger partial charge in [0.2, 0.25) is 0 Å². The Labute approximate surface area is 160 Å². The zero-order chi connectivity index (χ0) is 19.2. The van der Waals surface area contributed by atoms with Crippen LogP contribution in [-0.4, -0.2) is 42.6 Å². The molecule has 3 rings (SSSR count). The largest absolute Gasteiger partial charge is 0.486 e. The number of nitrogens with one attached hydrogen (secondary N) is 1. The summed E-state index contributed by atoms with van der Waals surface area (Å²) in [4.78, 5) is 23.7. The van der Waals surface area contributed by atoms with Gasteiger partial charge in [-0.2, -0.15) is 0 Å². The van der Waals surface area contributed by atoms with Gasteiger partial charge in [-0.25, -0.2) is 0 Å². The number of anilines is 1. The molecule has 0 bridgehead atoms. The van der Waals surface area contributed by atoms with Gasteiger partial charge >= 0.3 is 5.97 Å². The molecule has 0 aliphatic carbocycles. The first-order valence-corrected chi connectivity index (χ1v) is 9.53. The van der Waals surface area contributed by atoms with E-state index >= 15 is 0 Å². The van der Waals surface area contributed by atoms with Crippen LogP contribution in [0.2, 0.25) is 0 Å². The van der Waals surface area contributed by atoms with E-state index in [4.69, 9.17) is 18.7 Å². The van der Waals surface area contributed by atoms with Crippen LogP contribution in [-0.2, 0) is 20.1 Å². The summed E-state index contributed by atoms with van der Waals surface area (Å²) in [6.45, 7) is 4.30. The minimum Gasteiger partial charge on any atom is -0.486 e. The van der Waals surface area contributed by atoms with Gasteiger partial charge in [0, 0.05) is 23.1 Å². The number of hydrogen-bond acceptors (Lipinski definition) is 8. The Hall–Kier alpha value is -2.68. The fourth-order valence-electron chi connectivity index (χ4n) is 2.45. The third-order valence-corrected chi connectivity index (χ3v) is 4.77. The van der Waals surface area contributed by atoms with Crippen LogP contribution in [0.15, 0.2) is 22.7 Å². The number of benzene rings is 1. The van der Waals surface area contributed by atoms with Gasteiger partial charge in [-0.05, 0) is 26.0 Å². The van der Waals surface area contributed by atoms with Crippen LogP contribution >= 0.6 is 11.8 Å². The van der Waals surface area contributed by atoms with Crippen molar-refractivity contribution in [3.05, 3.63) is 35.2 Å². The molecule has 1 N–H and O–H groups in total. The van der Waals surface area contributed by atoms with Crippen molar-refractivity contribution < 1.29 is 28.3 Å². The maximum absolute atomic E-state index is 11.9. The van der Waals surface area contributed by atoms with Gasteiger partial charge in [-0.1, -0.05) is 5.16 Å². The summed E-state index contributed by atoms with van der Waals surface area (Å²) >= 11 is 1.38. The second kappa shape index (κ2) is 8.81. The number of thioether (sulfide) groups is 1. The van der Waals surface area contributed by atoms with Gasteiger partial charge < -0.3 is 24.1 Å². The van der Waals surface area contributed by atoms with Crippen LogP contribution in [0.1, 0.15) is 17.0 Å². The number of aromatic nitrogens is 1. The Morgan fingerprint density at radius 1 is 1.22 bits per heavy atom. The summed E-state index contributed by atoms with van der Waals surface area (Å²) in [6.07, 6.45) is 0. The summed E-state index contributed by atoms with van der Waals surface area (Å²) in [7, 11) is 0. The van der Waals surface area contributed by atoms with Gasteiger partial charge in [0.05, 0.1) is 11.4 Å². The molecule has 1 aromatic heterocycles. The molecule has 1 aliphatic heterocycles.